The number of nitrogens with one attached hydrogen (secondary N) is 1. The van der Waals surface area contributed by atoms with Gasteiger partial charge in [0, 0.05) is 18.8 Å². The second kappa shape index (κ2) is 9.73. The topological polar surface area (TPSA) is 72.3 Å². The number of aromatic nitrogens is 3. The van der Waals surface area contributed by atoms with E-state index in [-0.39, 0.29) is 17.3 Å². The largest absolute Gasteiger partial charge is 0.376 e. The summed E-state index contributed by atoms with van der Waals surface area (Å²) in [5, 5.41) is 12.4. The number of nitrogens with zero attached hydrogens (tertiary/aromatic N) is 4. The van der Waals surface area contributed by atoms with Crippen molar-refractivity contribution in [3.63, 3.8) is 0 Å². The van der Waals surface area contributed by atoms with Gasteiger partial charge in [-0.2, -0.15) is 0 Å². The molecule has 0 spiro atoms. The Hall–Kier alpha value is -1.90. The zero-order chi connectivity index (χ0) is 20.1. The van der Waals surface area contributed by atoms with Crippen LogP contribution >= 0.6 is 11.8 Å². The van der Waals surface area contributed by atoms with Crippen LogP contribution in [-0.2, 0) is 16.1 Å². The van der Waals surface area contributed by atoms with Crippen LogP contribution in [0.5, 0.6) is 0 Å². The van der Waals surface area contributed by atoms with Gasteiger partial charge in [0.25, 0.3) is 0 Å². The zero-order valence-corrected chi connectivity index (χ0v) is 17.7. The number of likely N-dealkylation sites (tertiary alicyclic amines) is 1. The molecule has 2 aliphatic rings. The molecule has 1 aromatic carbocycles. The molecule has 3 heterocycles. The molecule has 0 saturated carbocycles. The molecular weight excluding hydrogens is 386 g/mol. The number of hydrogen-bond acceptors (Lipinski definition) is 6. The van der Waals surface area contributed by atoms with Gasteiger partial charge in [-0.1, -0.05) is 30.0 Å². The minimum atomic E-state index is -0.261. The first-order valence-corrected chi connectivity index (χ1v) is 11.4. The number of rotatable bonds is 8. The Morgan fingerprint density at radius 2 is 2.03 bits per heavy atom. The lowest BCUT2D eigenvalue weighted by atomic mass is 10.2. The van der Waals surface area contributed by atoms with Gasteiger partial charge in [-0.15, -0.1) is 10.2 Å². The third kappa shape index (κ3) is 5.18. The second-order valence-corrected chi connectivity index (χ2v) is 9.00. The van der Waals surface area contributed by atoms with Gasteiger partial charge >= 0.3 is 0 Å². The van der Waals surface area contributed by atoms with E-state index in [4.69, 9.17) is 4.74 Å². The van der Waals surface area contributed by atoms with Gasteiger partial charge in [0.1, 0.15) is 0 Å². The van der Waals surface area contributed by atoms with E-state index in [0.717, 1.165) is 55.8 Å². The Kier molecular flexibility index (Phi) is 6.84. The molecule has 0 radical (unpaired) electrons. The number of carbonyl (C=O) groups excluding carboxylic acids is 1. The maximum absolute atomic E-state index is 12.6. The fourth-order valence-corrected chi connectivity index (χ4v) is 4.74. The van der Waals surface area contributed by atoms with Gasteiger partial charge < -0.3 is 10.1 Å². The van der Waals surface area contributed by atoms with Crippen molar-refractivity contribution in [3.05, 3.63) is 36.2 Å². The average molecular weight is 416 g/mol. The maximum atomic E-state index is 12.6. The molecular formula is C21H29N5O2S. The summed E-state index contributed by atoms with van der Waals surface area (Å²) in [5.41, 5.74) is 1.03. The molecule has 4 rings (SSSR count). The Morgan fingerprint density at radius 1 is 1.24 bits per heavy atom. The number of benzene rings is 1. The molecule has 7 nitrogen and oxygen atoms in total. The smallest absolute Gasteiger partial charge is 0.233 e. The van der Waals surface area contributed by atoms with Gasteiger partial charge in [-0.25, -0.2) is 0 Å². The number of amides is 1. The Labute approximate surface area is 176 Å². The molecule has 0 aliphatic carbocycles. The maximum Gasteiger partial charge on any atom is 0.233 e. The van der Waals surface area contributed by atoms with Crippen molar-refractivity contribution in [2.75, 3.05) is 26.2 Å². The standard InChI is InChI=1S/C21H29N5O2S/c1-16(20(27)22-14-18-10-7-13-28-18)29-21-24-23-19(15-25-11-5-6-12-25)26(21)17-8-3-2-4-9-17/h2-4,8-9,16,18H,5-7,10-15H2,1H3,(H,22,27)/t16-,18-/m0/s1. The summed E-state index contributed by atoms with van der Waals surface area (Å²) >= 11 is 1.45. The number of thioether (sulfide) groups is 1. The van der Waals surface area contributed by atoms with Crippen molar-refractivity contribution in [1.82, 2.24) is 25.0 Å². The summed E-state index contributed by atoms with van der Waals surface area (Å²) in [6.07, 6.45) is 4.72. The van der Waals surface area contributed by atoms with Crippen molar-refractivity contribution >= 4 is 17.7 Å². The van der Waals surface area contributed by atoms with Crippen LogP contribution in [0.1, 0.15) is 38.4 Å². The van der Waals surface area contributed by atoms with E-state index in [2.05, 4.69) is 37.1 Å². The SMILES string of the molecule is C[C@H](Sc1nnc(CN2CCCC2)n1-c1ccccc1)C(=O)NC[C@@H]1CCCO1. The first-order valence-electron chi connectivity index (χ1n) is 10.5. The molecule has 1 amide bonds. The monoisotopic (exact) mass is 415 g/mol. The van der Waals surface area contributed by atoms with Crippen LogP contribution in [0.15, 0.2) is 35.5 Å². The van der Waals surface area contributed by atoms with Crippen molar-refractivity contribution < 1.29 is 9.53 Å². The van der Waals surface area contributed by atoms with E-state index in [1.807, 2.05) is 25.1 Å². The molecule has 0 unspecified atom stereocenters. The lowest BCUT2D eigenvalue weighted by Crippen LogP contribution is -2.36. The second-order valence-electron chi connectivity index (χ2n) is 7.69. The summed E-state index contributed by atoms with van der Waals surface area (Å²) in [6, 6.07) is 10.1. The lowest BCUT2D eigenvalue weighted by Gasteiger charge is -2.17. The first-order chi connectivity index (χ1) is 14.2. The van der Waals surface area contributed by atoms with Gasteiger partial charge in [0.2, 0.25) is 5.91 Å². The summed E-state index contributed by atoms with van der Waals surface area (Å²) < 4.78 is 7.68. The van der Waals surface area contributed by atoms with Crippen LogP contribution in [0.4, 0.5) is 0 Å². The summed E-state index contributed by atoms with van der Waals surface area (Å²) in [7, 11) is 0. The molecule has 29 heavy (non-hydrogen) atoms. The van der Waals surface area contributed by atoms with E-state index in [9.17, 15) is 4.79 Å². The minimum Gasteiger partial charge on any atom is -0.376 e. The lowest BCUT2D eigenvalue weighted by molar-refractivity contribution is -0.120. The highest BCUT2D eigenvalue weighted by atomic mass is 32.2. The number of para-hydroxylation sites is 1. The van der Waals surface area contributed by atoms with Crippen LogP contribution in [0.25, 0.3) is 5.69 Å². The molecule has 2 aliphatic heterocycles. The molecule has 0 bridgehead atoms. The summed E-state index contributed by atoms with van der Waals surface area (Å²) in [6.45, 7) is 6.28. The summed E-state index contributed by atoms with van der Waals surface area (Å²) in [5.74, 6) is 0.932. The van der Waals surface area contributed by atoms with E-state index >= 15 is 0 Å². The zero-order valence-electron chi connectivity index (χ0n) is 16.9. The van der Waals surface area contributed by atoms with E-state index in [0.29, 0.717) is 6.54 Å². The van der Waals surface area contributed by atoms with Crippen LogP contribution in [-0.4, -0.2) is 63.2 Å². The highest BCUT2D eigenvalue weighted by Gasteiger charge is 2.24. The average Bonchev–Trinajstić information content (AvgIpc) is 3.50. The third-order valence-electron chi connectivity index (χ3n) is 5.46. The number of ether oxygens (including phenoxy) is 1. The van der Waals surface area contributed by atoms with E-state index in [1.165, 1.54) is 24.6 Å². The van der Waals surface area contributed by atoms with Gasteiger partial charge in [0.05, 0.1) is 17.9 Å². The Bertz CT molecular complexity index is 801. The fourth-order valence-electron chi connectivity index (χ4n) is 3.83. The first kappa shape index (κ1) is 20.4. The number of hydrogen-bond donors (Lipinski definition) is 1. The highest BCUT2D eigenvalue weighted by Crippen LogP contribution is 2.27. The van der Waals surface area contributed by atoms with Gasteiger partial charge in [0.15, 0.2) is 11.0 Å². The Morgan fingerprint density at radius 3 is 2.76 bits per heavy atom. The van der Waals surface area contributed by atoms with Gasteiger partial charge in [-0.3, -0.25) is 14.3 Å². The van der Waals surface area contributed by atoms with E-state index in [1.54, 1.807) is 0 Å². The Balaban J connectivity index is 1.46. The van der Waals surface area contributed by atoms with Crippen LogP contribution in [0.2, 0.25) is 0 Å². The molecule has 2 atom stereocenters. The third-order valence-corrected chi connectivity index (χ3v) is 6.50. The van der Waals surface area contributed by atoms with Crippen LogP contribution < -0.4 is 5.32 Å². The number of carbonyl (C=O) groups is 1. The van der Waals surface area contributed by atoms with Crippen LogP contribution in [0, 0.1) is 0 Å². The molecule has 2 saturated heterocycles. The predicted molar refractivity (Wildman–Crippen MR) is 113 cm³/mol. The van der Waals surface area contributed by atoms with E-state index < -0.39 is 0 Å². The molecule has 1 aromatic heterocycles. The van der Waals surface area contributed by atoms with Crippen molar-refractivity contribution in [2.24, 2.45) is 0 Å². The van der Waals surface area contributed by atoms with Crippen molar-refractivity contribution in [3.8, 4) is 5.69 Å². The molecule has 8 heteroatoms. The predicted octanol–water partition coefficient (Wildman–Crippen LogP) is 2.64. The minimum absolute atomic E-state index is 0.00852. The van der Waals surface area contributed by atoms with Crippen molar-refractivity contribution in [1.29, 1.82) is 0 Å². The summed E-state index contributed by atoms with van der Waals surface area (Å²) in [4.78, 5) is 15.0. The normalized spacial score (nSPS) is 20.8. The van der Waals surface area contributed by atoms with Gasteiger partial charge in [-0.05, 0) is 57.8 Å². The molecule has 2 fully saturated rings. The molecule has 156 valence electrons. The molecule has 2 aromatic rings. The van der Waals surface area contributed by atoms with Crippen LogP contribution in [0.3, 0.4) is 0 Å². The van der Waals surface area contributed by atoms with Crippen molar-refractivity contribution in [2.45, 2.75) is 55.7 Å². The molecule has 1 N–H and O–H groups in total. The fraction of sp³-hybridized carbons (Fsp3) is 0.571. The quantitative estimate of drug-likeness (QED) is 0.669. The highest BCUT2D eigenvalue weighted by molar-refractivity contribution is 8.00.